The first kappa shape index (κ1) is 9.43. The van der Waals surface area contributed by atoms with Crippen LogP contribution in [0.3, 0.4) is 0 Å². The van der Waals surface area contributed by atoms with E-state index in [0.717, 1.165) is 23.8 Å². The molecule has 1 fully saturated rings. The lowest BCUT2D eigenvalue weighted by molar-refractivity contribution is 0.0785. The average molecular weight is 216 g/mol. The van der Waals surface area contributed by atoms with Gasteiger partial charge in [-0.3, -0.25) is 5.10 Å². The van der Waals surface area contributed by atoms with E-state index in [4.69, 9.17) is 4.74 Å². The van der Waals surface area contributed by atoms with E-state index in [1.54, 1.807) is 6.20 Å². The highest BCUT2D eigenvalue weighted by Crippen LogP contribution is 2.25. The van der Waals surface area contributed by atoms with Crippen molar-refractivity contribution < 1.29 is 4.74 Å². The van der Waals surface area contributed by atoms with Crippen LogP contribution in [0.1, 0.15) is 11.8 Å². The van der Waals surface area contributed by atoms with Crippen molar-refractivity contribution in [1.82, 2.24) is 10.2 Å². The van der Waals surface area contributed by atoms with E-state index < -0.39 is 0 Å². The smallest absolute Gasteiger partial charge is 0.108 e. The van der Waals surface area contributed by atoms with Gasteiger partial charge in [0.05, 0.1) is 12.3 Å². The number of nitrogens with zero attached hydrogens (tertiary/aromatic N) is 1. The minimum absolute atomic E-state index is 0.202. The fourth-order valence-electron chi connectivity index (χ4n) is 1.20. The summed E-state index contributed by atoms with van der Waals surface area (Å²) >= 11 is 3.87. The Kier molecular flexibility index (Phi) is 3.57. The molecule has 2 heterocycles. The molecular weight excluding hydrogens is 204 g/mol. The van der Waals surface area contributed by atoms with Crippen molar-refractivity contribution in [3.05, 3.63) is 18.0 Å². The maximum atomic E-state index is 5.71. The van der Waals surface area contributed by atoms with Gasteiger partial charge in [0, 0.05) is 22.8 Å². The van der Waals surface area contributed by atoms with Crippen molar-refractivity contribution in [2.24, 2.45) is 0 Å². The van der Waals surface area contributed by atoms with Crippen LogP contribution in [0.5, 0.6) is 0 Å². The zero-order valence-electron chi connectivity index (χ0n) is 7.23. The normalized spacial score (nSPS) is 25.1. The van der Waals surface area contributed by atoms with Gasteiger partial charge in [-0.05, 0) is 6.07 Å². The van der Waals surface area contributed by atoms with E-state index >= 15 is 0 Å². The molecule has 1 N–H and O–H groups in total. The molecule has 72 valence electrons. The van der Waals surface area contributed by atoms with Crippen LogP contribution < -0.4 is 0 Å². The zero-order valence-corrected chi connectivity index (χ0v) is 8.87. The fourth-order valence-corrected chi connectivity index (χ4v) is 3.23. The molecule has 1 saturated heterocycles. The third-order valence-corrected chi connectivity index (χ3v) is 4.18. The molecule has 0 amide bonds. The van der Waals surface area contributed by atoms with Crippen molar-refractivity contribution in [2.45, 2.75) is 6.10 Å². The van der Waals surface area contributed by atoms with Gasteiger partial charge >= 0.3 is 0 Å². The van der Waals surface area contributed by atoms with Crippen LogP contribution in [-0.2, 0) is 4.74 Å². The second kappa shape index (κ2) is 4.93. The third kappa shape index (κ3) is 2.65. The monoisotopic (exact) mass is 216 g/mol. The van der Waals surface area contributed by atoms with Gasteiger partial charge in [-0.2, -0.15) is 5.10 Å². The fraction of sp³-hybridized carbons (Fsp3) is 0.625. The van der Waals surface area contributed by atoms with Gasteiger partial charge in [-0.25, -0.2) is 0 Å². The summed E-state index contributed by atoms with van der Waals surface area (Å²) in [5.74, 6) is 2.12. The number of hydrogen-bond acceptors (Lipinski definition) is 4. The molecule has 1 aliphatic rings. The van der Waals surface area contributed by atoms with Crippen molar-refractivity contribution in [1.29, 1.82) is 0 Å². The Balaban J connectivity index is 1.96. The summed E-state index contributed by atoms with van der Waals surface area (Å²) in [6.45, 7) is 0.842. The number of aromatic amines is 1. The Morgan fingerprint density at radius 1 is 1.54 bits per heavy atom. The van der Waals surface area contributed by atoms with E-state index in [9.17, 15) is 0 Å². The van der Waals surface area contributed by atoms with Crippen LogP contribution in [0.2, 0.25) is 0 Å². The van der Waals surface area contributed by atoms with Crippen LogP contribution in [0.4, 0.5) is 0 Å². The molecule has 0 saturated carbocycles. The molecule has 1 unspecified atom stereocenters. The molecule has 0 bridgehead atoms. The lowest BCUT2D eigenvalue weighted by Crippen LogP contribution is -2.12. The zero-order chi connectivity index (χ0) is 8.93. The van der Waals surface area contributed by atoms with Crippen molar-refractivity contribution in [3.8, 4) is 0 Å². The van der Waals surface area contributed by atoms with Gasteiger partial charge in [-0.1, -0.05) is 0 Å². The summed E-state index contributed by atoms with van der Waals surface area (Å²) in [6.07, 6.45) is 1.98. The number of aromatic nitrogens is 2. The maximum absolute atomic E-state index is 5.71. The minimum atomic E-state index is 0.202. The molecule has 0 spiro atoms. The molecule has 0 aliphatic carbocycles. The predicted octanol–water partition coefficient (Wildman–Crippen LogP) is 1.90. The van der Waals surface area contributed by atoms with Gasteiger partial charge in [-0.15, -0.1) is 23.5 Å². The van der Waals surface area contributed by atoms with E-state index in [1.807, 2.05) is 29.6 Å². The average Bonchev–Trinajstić information content (AvgIpc) is 2.55. The standard InChI is InChI=1S/C8H12N2OS2/c1-2-9-10-7(1)8-5-13-6-12-4-3-11-8/h1-2,8H,3-6H2,(H,9,10). The van der Waals surface area contributed by atoms with Crippen LogP contribution in [-0.4, -0.2) is 33.4 Å². The Bertz CT molecular complexity index is 232. The van der Waals surface area contributed by atoms with E-state index in [-0.39, 0.29) is 6.10 Å². The minimum Gasteiger partial charge on any atom is -0.370 e. The summed E-state index contributed by atoms with van der Waals surface area (Å²) in [4.78, 5) is 0. The lowest BCUT2D eigenvalue weighted by atomic mass is 10.3. The van der Waals surface area contributed by atoms with Crippen LogP contribution in [0.25, 0.3) is 0 Å². The Labute approximate surface area is 86.0 Å². The van der Waals surface area contributed by atoms with Gasteiger partial charge in [0.2, 0.25) is 0 Å². The molecule has 2 rings (SSSR count). The van der Waals surface area contributed by atoms with Crippen LogP contribution in [0.15, 0.2) is 12.3 Å². The molecule has 0 radical (unpaired) electrons. The second-order valence-electron chi connectivity index (χ2n) is 2.77. The Hall–Kier alpha value is -0.130. The quantitative estimate of drug-likeness (QED) is 0.778. The van der Waals surface area contributed by atoms with E-state index in [2.05, 4.69) is 10.2 Å². The summed E-state index contributed by atoms with van der Waals surface area (Å²) < 4.78 is 5.71. The molecule has 3 nitrogen and oxygen atoms in total. The summed E-state index contributed by atoms with van der Waals surface area (Å²) in [7, 11) is 0. The molecular formula is C8H12N2OS2. The number of nitrogens with one attached hydrogen (secondary N) is 1. The van der Waals surface area contributed by atoms with Gasteiger partial charge < -0.3 is 4.74 Å². The summed E-state index contributed by atoms with van der Waals surface area (Å²) in [5.41, 5.74) is 1.10. The Morgan fingerprint density at radius 3 is 3.38 bits per heavy atom. The maximum Gasteiger partial charge on any atom is 0.108 e. The lowest BCUT2D eigenvalue weighted by Gasteiger charge is -2.18. The highest BCUT2D eigenvalue weighted by Gasteiger charge is 2.15. The molecule has 13 heavy (non-hydrogen) atoms. The predicted molar refractivity (Wildman–Crippen MR) is 57.1 cm³/mol. The SMILES string of the molecule is c1cc(C2CSCSCCO2)[nH]n1. The van der Waals surface area contributed by atoms with Crippen LogP contribution >= 0.6 is 23.5 Å². The molecule has 1 aliphatic heterocycles. The largest absolute Gasteiger partial charge is 0.370 e. The molecule has 0 aromatic carbocycles. The van der Waals surface area contributed by atoms with Crippen molar-refractivity contribution in [3.63, 3.8) is 0 Å². The molecule has 1 atom stereocenters. The number of H-pyrrole nitrogens is 1. The highest BCUT2D eigenvalue weighted by atomic mass is 32.2. The number of thioether (sulfide) groups is 2. The molecule has 1 aromatic rings. The van der Waals surface area contributed by atoms with Crippen molar-refractivity contribution >= 4 is 23.5 Å². The van der Waals surface area contributed by atoms with Gasteiger partial charge in [0.25, 0.3) is 0 Å². The van der Waals surface area contributed by atoms with Crippen molar-refractivity contribution in [2.75, 3.05) is 23.2 Å². The van der Waals surface area contributed by atoms with Gasteiger partial charge in [0.15, 0.2) is 0 Å². The summed E-state index contributed by atoms with van der Waals surface area (Å²) in [6, 6.07) is 1.99. The number of rotatable bonds is 1. The number of ether oxygens (including phenoxy) is 1. The van der Waals surface area contributed by atoms with Gasteiger partial charge in [0.1, 0.15) is 6.10 Å². The first-order valence-electron chi connectivity index (χ1n) is 4.23. The first-order valence-corrected chi connectivity index (χ1v) is 6.54. The topological polar surface area (TPSA) is 37.9 Å². The third-order valence-electron chi connectivity index (χ3n) is 1.85. The Morgan fingerprint density at radius 2 is 2.54 bits per heavy atom. The molecule has 1 aromatic heterocycles. The molecule has 5 heteroatoms. The van der Waals surface area contributed by atoms with Crippen LogP contribution in [0, 0.1) is 0 Å². The highest BCUT2D eigenvalue weighted by molar-refractivity contribution is 8.16. The number of hydrogen-bond donors (Lipinski definition) is 1. The summed E-state index contributed by atoms with van der Waals surface area (Å²) in [5, 5.41) is 8.07. The van der Waals surface area contributed by atoms with E-state index in [1.165, 1.54) is 5.08 Å². The van der Waals surface area contributed by atoms with E-state index in [0.29, 0.717) is 0 Å². The second-order valence-corrected chi connectivity index (χ2v) is 5.27. The first-order chi connectivity index (χ1) is 6.47.